The van der Waals surface area contributed by atoms with E-state index in [4.69, 9.17) is 9.52 Å². The van der Waals surface area contributed by atoms with Gasteiger partial charge in [-0.15, -0.1) is 0 Å². The summed E-state index contributed by atoms with van der Waals surface area (Å²) in [6.07, 6.45) is 3.14. The van der Waals surface area contributed by atoms with Gasteiger partial charge in [-0.25, -0.2) is 9.48 Å². The third-order valence-corrected chi connectivity index (χ3v) is 4.22. The molecule has 0 saturated carbocycles. The Morgan fingerprint density at radius 2 is 1.96 bits per heavy atom. The Kier molecular flexibility index (Phi) is 5.40. The lowest BCUT2D eigenvalue weighted by Gasteiger charge is -2.09. The smallest absolute Gasteiger partial charge is 0.339 e. The van der Waals surface area contributed by atoms with Gasteiger partial charge in [0.05, 0.1) is 29.7 Å². The van der Waals surface area contributed by atoms with Crippen molar-refractivity contribution in [1.29, 1.82) is 0 Å². The van der Waals surface area contributed by atoms with Gasteiger partial charge in [0.15, 0.2) is 0 Å². The van der Waals surface area contributed by atoms with E-state index in [1.54, 1.807) is 17.8 Å². The molecule has 0 bridgehead atoms. The predicted molar refractivity (Wildman–Crippen MR) is 99.1 cm³/mol. The van der Waals surface area contributed by atoms with Crippen molar-refractivity contribution in [2.24, 2.45) is 0 Å². The van der Waals surface area contributed by atoms with Crippen LogP contribution in [-0.4, -0.2) is 26.8 Å². The van der Waals surface area contributed by atoms with Crippen LogP contribution < -0.4 is 5.32 Å². The molecule has 0 aliphatic rings. The molecule has 3 aromatic rings. The molecule has 27 heavy (non-hydrogen) atoms. The van der Waals surface area contributed by atoms with Crippen molar-refractivity contribution in [2.75, 3.05) is 0 Å². The first-order chi connectivity index (χ1) is 13.0. The molecule has 2 N–H and O–H groups in total. The zero-order valence-corrected chi connectivity index (χ0v) is 15.2. The number of carbonyl (C=O) groups is 2. The van der Waals surface area contributed by atoms with E-state index >= 15 is 0 Å². The number of benzene rings is 1. The monoisotopic (exact) mass is 367 g/mol. The van der Waals surface area contributed by atoms with Gasteiger partial charge in [0.1, 0.15) is 17.1 Å². The Bertz CT molecular complexity index is 957. The molecular weight excluding hydrogens is 346 g/mol. The number of nitrogens with one attached hydrogen (secondary N) is 1. The van der Waals surface area contributed by atoms with E-state index in [-0.39, 0.29) is 18.0 Å². The highest BCUT2D eigenvalue weighted by atomic mass is 16.4. The molecule has 3 rings (SSSR count). The molecule has 0 aliphatic heterocycles. The Balaban J connectivity index is 1.79. The normalized spacial score (nSPS) is 10.7. The summed E-state index contributed by atoms with van der Waals surface area (Å²) in [6, 6.07) is 11.1. The number of carboxylic acids is 1. The fourth-order valence-electron chi connectivity index (χ4n) is 2.94. The van der Waals surface area contributed by atoms with E-state index in [0.717, 1.165) is 17.8 Å². The molecule has 7 heteroatoms. The first kappa shape index (κ1) is 18.4. The molecular formula is C20H21N3O4. The third kappa shape index (κ3) is 3.92. The van der Waals surface area contributed by atoms with Crippen LogP contribution in [0.5, 0.6) is 0 Å². The van der Waals surface area contributed by atoms with Gasteiger partial charge in [-0.05, 0) is 31.5 Å². The maximum absolute atomic E-state index is 12.7. The van der Waals surface area contributed by atoms with Crippen molar-refractivity contribution in [3.05, 3.63) is 70.9 Å². The molecule has 2 heterocycles. The third-order valence-electron chi connectivity index (χ3n) is 4.22. The Labute approximate surface area is 156 Å². The summed E-state index contributed by atoms with van der Waals surface area (Å²) < 4.78 is 7.17. The van der Waals surface area contributed by atoms with Gasteiger partial charge in [-0.1, -0.05) is 31.5 Å². The minimum atomic E-state index is -1.05. The molecule has 140 valence electrons. The average Bonchev–Trinajstić information content (AvgIpc) is 3.24. The minimum Gasteiger partial charge on any atom is -0.478 e. The summed E-state index contributed by atoms with van der Waals surface area (Å²) in [6.45, 7) is 3.73. The summed E-state index contributed by atoms with van der Waals surface area (Å²) in [5.74, 6) is -0.615. The molecule has 1 aromatic carbocycles. The molecule has 0 atom stereocenters. The first-order valence-corrected chi connectivity index (χ1v) is 8.74. The van der Waals surface area contributed by atoms with Crippen molar-refractivity contribution in [3.63, 3.8) is 0 Å². The summed E-state index contributed by atoms with van der Waals surface area (Å²) in [5.41, 5.74) is 2.33. The molecule has 0 aliphatic carbocycles. The highest BCUT2D eigenvalue weighted by Gasteiger charge is 2.19. The van der Waals surface area contributed by atoms with Crippen LogP contribution in [0.15, 0.2) is 47.0 Å². The lowest BCUT2D eigenvalue weighted by molar-refractivity contribution is 0.0694. The zero-order valence-electron chi connectivity index (χ0n) is 15.2. The molecule has 0 radical (unpaired) electrons. The highest BCUT2D eigenvalue weighted by Crippen LogP contribution is 2.18. The molecule has 7 nitrogen and oxygen atoms in total. The van der Waals surface area contributed by atoms with Crippen LogP contribution >= 0.6 is 0 Å². The maximum Gasteiger partial charge on any atom is 0.339 e. The maximum atomic E-state index is 12.7. The van der Waals surface area contributed by atoms with Crippen LogP contribution in [0.1, 0.15) is 51.3 Å². The quantitative estimate of drug-likeness (QED) is 0.667. The number of furan rings is 1. The molecule has 1 amide bonds. The number of hydrogen-bond donors (Lipinski definition) is 2. The number of carboxylic acid groups (broad SMARTS) is 1. The van der Waals surface area contributed by atoms with E-state index in [0.29, 0.717) is 23.5 Å². The van der Waals surface area contributed by atoms with Gasteiger partial charge < -0.3 is 14.8 Å². The number of nitrogens with zero attached hydrogens (tertiary/aromatic N) is 2. The van der Waals surface area contributed by atoms with Gasteiger partial charge in [0.25, 0.3) is 5.91 Å². The molecule has 2 aromatic heterocycles. The van der Waals surface area contributed by atoms with E-state index in [1.807, 2.05) is 37.3 Å². The van der Waals surface area contributed by atoms with Crippen LogP contribution in [0.2, 0.25) is 0 Å². The number of para-hydroxylation sites is 1. The Hall–Kier alpha value is -3.35. The van der Waals surface area contributed by atoms with Crippen molar-refractivity contribution in [2.45, 2.75) is 33.2 Å². The second-order valence-electron chi connectivity index (χ2n) is 6.17. The van der Waals surface area contributed by atoms with Crippen molar-refractivity contribution < 1.29 is 19.1 Å². The topological polar surface area (TPSA) is 97.4 Å². The number of aromatic nitrogens is 2. The lowest BCUT2D eigenvalue weighted by atomic mass is 10.1. The van der Waals surface area contributed by atoms with E-state index < -0.39 is 5.97 Å². The fraction of sp³-hybridized carbons (Fsp3) is 0.250. The predicted octanol–water partition coefficient (Wildman–Crippen LogP) is 3.35. The number of amides is 1. The SMILES string of the molecule is CCCc1c(C(=O)NCc2cc(C(=O)O)c(C)o2)cnn1-c1ccccc1. The molecule has 0 fully saturated rings. The zero-order chi connectivity index (χ0) is 19.4. The van der Waals surface area contributed by atoms with Gasteiger partial charge in [-0.3, -0.25) is 4.79 Å². The van der Waals surface area contributed by atoms with Gasteiger partial charge in [0.2, 0.25) is 0 Å². The Morgan fingerprint density at radius 3 is 2.59 bits per heavy atom. The molecule has 0 unspecified atom stereocenters. The summed E-state index contributed by atoms with van der Waals surface area (Å²) in [7, 11) is 0. The second kappa shape index (κ2) is 7.90. The first-order valence-electron chi connectivity index (χ1n) is 8.74. The number of aromatic carboxylic acids is 1. The van der Waals surface area contributed by atoms with E-state index in [2.05, 4.69) is 10.4 Å². The number of aryl methyl sites for hydroxylation is 1. The Morgan fingerprint density at radius 1 is 1.22 bits per heavy atom. The number of carbonyl (C=O) groups excluding carboxylic acids is 1. The van der Waals surface area contributed by atoms with Crippen LogP contribution in [0.3, 0.4) is 0 Å². The van der Waals surface area contributed by atoms with E-state index in [1.165, 1.54) is 6.07 Å². The van der Waals surface area contributed by atoms with E-state index in [9.17, 15) is 9.59 Å². The van der Waals surface area contributed by atoms with Gasteiger partial charge in [0, 0.05) is 0 Å². The van der Waals surface area contributed by atoms with Gasteiger partial charge in [-0.2, -0.15) is 5.10 Å². The summed E-state index contributed by atoms with van der Waals surface area (Å²) in [5, 5.41) is 16.2. The standard InChI is InChI=1S/C20H21N3O4/c1-3-7-18-17(12-22-23(18)14-8-5-4-6-9-14)19(24)21-11-15-10-16(20(25)26)13(2)27-15/h4-6,8-10,12H,3,7,11H2,1-2H3,(H,21,24)(H,25,26). The number of rotatable bonds is 7. The second-order valence-corrected chi connectivity index (χ2v) is 6.17. The number of hydrogen-bond acceptors (Lipinski definition) is 4. The van der Waals surface area contributed by atoms with Gasteiger partial charge >= 0.3 is 5.97 Å². The van der Waals surface area contributed by atoms with Crippen LogP contribution in [0, 0.1) is 6.92 Å². The van der Waals surface area contributed by atoms with Crippen molar-refractivity contribution in [1.82, 2.24) is 15.1 Å². The lowest BCUT2D eigenvalue weighted by Crippen LogP contribution is -2.23. The van der Waals surface area contributed by atoms with Crippen LogP contribution in [0.4, 0.5) is 0 Å². The average molecular weight is 367 g/mol. The van der Waals surface area contributed by atoms with Crippen LogP contribution in [-0.2, 0) is 13.0 Å². The van der Waals surface area contributed by atoms with Crippen molar-refractivity contribution in [3.8, 4) is 5.69 Å². The summed E-state index contributed by atoms with van der Waals surface area (Å²) >= 11 is 0. The summed E-state index contributed by atoms with van der Waals surface area (Å²) in [4.78, 5) is 23.8. The largest absolute Gasteiger partial charge is 0.478 e. The highest BCUT2D eigenvalue weighted by molar-refractivity contribution is 5.95. The fourth-order valence-corrected chi connectivity index (χ4v) is 2.94. The molecule has 0 saturated heterocycles. The molecule has 0 spiro atoms. The van der Waals surface area contributed by atoms with Crippen molar-refractivity contribution >= 4 is 11.9 Å². The minimum absolute atomic E-state index is 0.0998. The van der Waals surface area contributed by atoms with Crippen LogP contribution in [0.25, 0.3) is 5.69 Å².